The normalized spacial score (nSPS) is 26.9. The van der Waals surface area contributed by atoms with Crippen LogP contribution in [0, 0.1) is 5.92 Å². The number of nitrogens with one attached hydrogen (secondary N) is 2. The van der Waals surface area contributed by atoms with Crippen LogP contribution >= 0.6 is 0 Å². The van der Waals surface area contributed by atoms with Crippen molar-refractivity contribution < 1.29 is 4.79 Å². The van der Waals surface area contributed by atoms with Gasteiger partial charge in [0.1, 0.15) is 5.56 Å². The Kier molecular flexibility index (Phi) is 4.04. The van der Waals surface area contributed by atoms with Gasteiger partial charge in [0.2, 0.25) is 0 Å². The molecular weight excluding hydrogens is 242 g/mol. The molecule has 5 nitrogen and oxygen atoms in total. The largest absolute Gasteiger partial charge is 0.367 e. The second-order valence-electron chi connectivity index (χ2n) is 5.38. The first-order valence-electron chi connectivity index (χ1n) is 6.79. The van der Waals surface area contributed by atoms with E-state index in [1.807, 2.05) is 0 Å². The van der Waals surface area contributed by atoms with E-state index >= 15 is 0 Å². The second-order valence-corrected chi connectivity index (χ2v) is 5.38. The molecule has 19 heavy (non-hydrogen) atoms. The zero-order valence-corrected chi connectivity index (χ0v) is 11.2. The monoisotopic (exact) mass is 263 g/mol. The van der Waals surface area contributed by atoms with E-state index in [1.165, 1.54) is 24.9 Å². The summed E-state index contributed by atoms with van der Waals surface area (Å²) >= 11 is 0. The molecule has 1 aliphatic rings. The Morgan fingerprint density at radius 1 is 1.58 bits per heavy atom. The van der Waals surface area contributed by atoms with Crippen LogP contribution in [0.5, 0.6) is 0 Å². The molecule has 0 bridgehead atoms. The maximum absolute atomic E-state index is 12.3. The van der Waals surface area contributed by atoms with E-state index in [2.05, 4.69) is 17.2 Å². The van der Waals surface area contributed by atoms with Crippen molar-refractivity contribution in [2.75, 3.05) is 6.54 Å². The third kappa shape index (κ3) is 2.71. The molecule has 2 unspecified atom stereocenters. The molecule has 0 saturated heterocycles. The van der Waals surface area contributed by atoms with E-state index in [1.54, 1.807) is 0 Å². The standard InChI is InChI=1S/C14H21N3O2/c1-10-4-2-3-6-14(10,9-15)17-13(19)11-8-16-7-5-12(11)18/h5,7-8,10H,2-4,6,9,15H2,1H3,(H,16,18)(H,17,19). The Morgan fingerprint density at radius 2 is 2.37 bits per heavy atom. The lowest BCUT2D eigenvalue weighted by atomic mass is 9.73. The summed E-state index contributed by atoms with van der Waals surface area (Å²) < 4.78 is 0. The fourth-order valence-electron chi connectivity index (χ4n) is 2.84. The van der Waals surface area contributed by atoms with Gasteiger partial charge in [0.25, 0.3) is 5.91 Å². The van der Waals surface area contributed by atoms with Crippen LogP contribution in [0.2, 0.25) is 0 Å². The molecule has 1 aliphatic carbocycles. The van der Waals surface area contributed by atoms with Crippen molar-refractivity contribution in [1.82, 2.24) is 10.3 Å². The van der Waals surface area contributed by atoms with Crippen molar-refractivity contribution in [1.29, 1.82) is 0 Å². The van der Waals surface area contributed by atoms with Crippen LogP contribution < -0.4 is 16.5 Å². The molecule has 0 spiro atoms. The van der Waals surface area contributed by atoms with Crippen LogP contribution in [0.25, 0.3) is 0 Å². The average molecular weight is 263 g/mol. The lowest BCUT2D eigenvalue weighted by molar-refractivity contribution is 0.0811. The van der Waals surface area contributed by atoms with E-state index in [4.69, 9.17) is 5.73 Å². The van der Waals surface area contributed by atoms with Crippen molar-refractivity contribution in [2.24, 2.45) is 11.7 Å². The summed E-state index contributed by atoms with van der Waals surface area (Å²) in [7, 11) is 0. The topological polar surface area (TPSA) is 88.0 Å². The molecule has 1 heterocycles. The van der Waals surface area contributed by atoms with Crippen molar-refractivity contribution in [2.45, 2.75) is 38.1 Å². The summed E-state index contributed by atoms with van der Waals surface area (Å²) in [6, 6.07) is 1.36. The Hall–Kier alpha value is -1.62. The fraction of sp³-hybridized carbons (Fsp3) is 0.571. The zero-order chi connectivity index (χ0) is 13.9. The van der Waals surface area contributed by atoms with E-state index in [9.17, 15) is 9.59 Å². The second kappa shape index (κ2) is 5.57. The zero-order valence-electron chi connectivity index (χ0n) is 11.2. The number of hydrogen-bond acceptors (Lipinski definition) is 3. The molecule has 0 radical (unpaired) electrons. The number of carbonyl (C=O) groups is 1. The highest BCUT2D eigenvalue weighted by molar-refractivity contribution is 5.94. The molecule has 0 aliphatic heterocycles. The molecule has 104 valence electrons. The number of carbonyl (C=O) groups excluding carboxylic acids is 1. The van der Waals surface area contributed by atoms with Gasteiger partial charge in [-0.2, -0.15) is 0 Å². The number of nitrogens with two attached hydrogens (primary N) is 1. The number of pyridine rings is 1. The molecule has 1 aromatic rings. The Balaban J connectivity index is 2.21. The lowest BCUT2D eigenvalue weighted by Gasteiger charge is -2.42. The number of amides is 1. The Morgan fingerprint density at radius 3 is 3.00 bits per heavy atom. The van der Waals surface area contributed by atoms with Gasteiger partial charge in [0.15, 0.2) is 5.43 Å². The van der Waals surface area contributed by atoms with Crippen LogP contribution in [0.15, 0.2) is 23.3 Å². The van der Waals surface area contributed by atoms with Gasteiger partial charge in [-0.05, 0) is 18.8 Å². The van der Waals surface area contributed by atoms with Gasteiger partial charge < -0.3 is 16.0 Å². The van der Waals surface area contributed by atoms with Crippen molar-refractivity contribution >= 4 is 5.91 Å². The number of rotatable bonds is 3. The van der Waals surface area contributed by atoms with Crippen molar-refractivity contribution in [3.05, 3.63) is 34.2 Å². The molecule has 1 amide bonds. The predicted octanol–water partition coefficient (Wildman–Crippen LogP) is 1.01. The lowest BCUT2D eigenvalue weighted by Crippen LogP contribution is -2.59. The highest BCUT2D eigenvalue weighted by atomic mass is 16.2. The van der Waals surface area contributed by atoms with Gasteiger partial charge in [-0.25, -0.2) is 0 Å². The van der Waals surface area contributed by atoms with E-state index in [0.717, 1.165) is 19.3 Å². The third-order valence-electron chi connectivity index (χ3n) is 4.25. The fourth-order valence-corrected chi connectivity index (χ4v) is 2.84. The minimum atomic E-state index is -0.377. The summed E-state index contributed by atoms with van der Waals surface area (Å²) in [5, 5.41) is 3.00. The molecular formula is C14H21N3O2. The average Bonchev–Trinajstić information content (AvgIpc) is 2.42. The maximum Gasteiger partial charge on any atom is 0.257 e. The van der Waals surface area contributed by atoms with Crippen molar-refractivity contribution in [3.63, 3.8) is 0 Å². The van der Waals surface area contributed by atoms with E-state index < -0.39 is 0 Å². The van der Waals surface area contributed by atoms with Crippen molar-refractivity contribution in [3.8, 4) is 0 Å². The number of hydrogen-bond donors (Lipinski definition) is 3. The summed E-state index contributed by atoms with van der Waals surface area (Å²) in [4.78, 5) is 26.7. The molecule has 1 fully saturated rings. The molecule has 2 atom stereocenters. The molecule has 1 saturated carbocycles. The number of H-pyrrole nitrogens is 1. The summed E-state index contributed by atoms with van der Waals surface area (Å²) in [6.07, 6.45) is 7.12. The quantitative estimate of drug-likeness (QED) is 0.760. The maximum atomic E-state index is 12.3. The van der Waals surface area contributed by atoms with E-state index in [-0.39, 0.29) is 22.4 Å². The van der Waals surface area contributed by atoms with Crippen LogP contribution in [0.3, 0.4) is 0 Å². The molecule has 2 rings (SSSR count). The SMILES string of the molecule is CC1CCCCC1(CN)NC(=O)c1c[nH]ccc1=O. The first-order chi connectivity index (χ1) is 9.09. The van der Waals surface area contributed by atoms with Crippen LogP contribution in [0.4, 0.5) is 0 Å². The Bertz CT molecular complexity index is 511. The summed E-state index contributed by atoms with van der Waals surface area (Å²) in [5.41, 5.74) is 5.39. The van der Waals surface area contributed by atoms with Gasteiger partial charge >= 0.3 is 0 Å². The first-order valence-corrected chi connectivity index (χ1v) is 6.79. The van der Waals surface area contributed by atoms with Crippen LogP contribution in [-0.4, -0.2) is 23.0 Å². The summed E-state index contributed by atoms with van der Waals surface area (Å²) in [5.74, 6) is -0.000885. The minimum Gasteiger partial charge on any atom is -0.367 e. The highest BCUT2D eigenvalue weighted by Crippen LogP contribution is 2.32. The van der Waals surface area contributed by atoms with Gasteiger partial charge in [-0.15, -0.1) is 0 Å². The van der Waals surface area contributed by atoms with Crippen LogP contribution in [-0.2, 0) is 0 Å². The van der Waals surface area contributed by atoms with Gasteiger partial charge in [-0.3, -0.25) is 9.59 Å². The first kappa shape index (κ1) is 13.8. The van der Waals surface area contributed by atoms with Crippen LogP contribution in [0.1, 0.15) is 43.0 Å². The Labute approximate surface area is 112 Å². The smallest absolute Gasteiger partial charge is 0.257 e. The van der Waals surface area contributed by atoms with Gasteiger partial charge in [0.05, 0.1) is 5.54 Å². The molecule has 4 N–H and O–H groups in total. The predicted molar refractivity (Wildman–Crippen MR) is 73.9 cm³/mol. The third-order valence-corrected chi connectivity index (χ3v) is 4.25. The number of aromatic nitrogens is 1. The van der Waals surface area contributed by atoms with Gasteiger partial charge in [-0.1, -0.05) is 19.8 Å². The number of aromatic amines is 1. The van der Waals surface area contributed by atoms with Gasteiger partial charge in [0, 0.05) is 25.0 Å². The molecule has 1 aromatic heterocycles. The highest BCUT2D eigenvalue weighted by Gasteiger charge is 2.38. The summed E-state index contributed by atoms with van der Waals surface area (Å²) in [6.45, 7) is 2.52. The minimum absolute atomic E-state index is 0.146. The molecule has 0 aromatic carbocycles. The molecule has 5 heteroatoms. The van der Waals surface area contributed by atoms with E-state index in [0.29, 0.717) is 12.5 Å².